The summed E-state index contributed by atoms with van der Waals surface area (Å²) in [6, 6.07) is 21.2. The van der Waals surface area contributed by atoms with Crippen molar-refractivity contribution in [1.29, 1.82) is 0 Å². The molecule has 0 aliphatic rings. The Morgan fingerprint density at radius 2 is 1.59 bits per heavy atom. The van der Waals surface area contributed by atoms with Gasteiger partial charge in [-0.15, -0.1) is 0 Å². The van der Waals surface area contributed by atoms with Crippen molar-refractivity contribution < 1.29 is 28.9 Å². The molecule has 220 valence electrons. The lowest BCUT2D eigenvalue weighted by Gasteiger charge is -2.24. The van der Waals surface area contributed by atoms with Gasteiger partial charge in [0.25, 0.3) is 0 Å². The molecule has 0 saturated heterocycles. The second-order valence-electron chi connectivity index (χ2n) is 10.0. The smallest absolute Gasteiger partial charge is 0.333 e. The Balaban J connectivity index is 1.56. The maximum Gasteiger partial charge on any atom is 0.333 e. The van der Waals surface area contributed by atoms with Crippen LogP contribution in [0.25, 0.3) is 0 Å². The van der Waals surface area contributed by atoms with E-state index < -0.39 is 12.1 Å². The van der Waals surface area contributed by atoms with E-state index in [1.165, 1.54) is 5.56 Å². The molecule has 2 amide bonds. The zero-order valence-electron chi connectivity index (χ0n) is 24.5. The number of carboxylic acid groups (broad SMARTS) is 1. The number of nitrogens with zero attached hydrogens (tertiary/aromatic N) is 1. The van der Waals surface area contributed by atoms with Crippen molar-refractivity contribution in [2.45, 2.75) is 53.2 Å². The van der Waals surface area contributed by atoms with Crippen molar-refractivity contribution >= 4 is 17.7 Å². The number of ether oxygens (including phenoxy) is 3. The van der Waals surface area contributed by atoms with Crippen LogP contribution in [0.4, 0.5) is 10.5 Å². The SMILES string of the molecule is CCOC(Cc1ccc(OCCN(CCCOCc2ccccc2)C(=O)Nc2cc(C)c(C)cc2C)cc1)C(=O)O. The molecule has 0 aliphatic carbocycles. The van der Waals surface area contributed by atoms with Gasteiger partial charge in [-0.3, -0.25) is 0 Å². The van der Waals surface area contributed by atoms with Crippen LogP contribution in [0.5, 0.6) is 5.75 Å². The minimum Gasteiger partial charge on any atom is -0.492 e. The summed E-state index contributed by atoms with van der Waals surface area (Å²) < 4.78 is 17.1. The second-order valence-corrected chi connectivity index (χ2v) is 10.0. The van der Waals surface area contributed by atoms with Gasteiger partial charge in [0.1, 0.15) is 12.4 Å². The number of carbonyl (C=O) groups is 2. The van der Waals surface area contributed by atoms with Crippen molar-refractivity contribution in [3.8, 4) is 5.75 Å². The number of nitrogens with one attached hydrogen (secondary N) is 1. The standard InChI is InChI=1S/C33H42N2O6/c1-5-40-31(32(36)37)22-27-12-14-29(15-13-27)41-19-17-35(16-9-18-39-23-28-10-7-6-8-11-28)33(38)34-30-21-25(3)24(2)20-26(30)4/h6-8,10-15,20-21,31H,5,9,16-19,22-23H2,1-4H3,(H,34,38)(H,36,37). The predicted octanol–water partition coefficient (Wildman–Crippen LogP) is 6.16. The van der Waals surface area contributed by atoms with Gasteiger partial charge in [0.2, 0.25) is 0 Å². The predicted molar refractivity (Wildman–Crippen MR) is 161 cm³/mol. The number of carbonyl (C=O) groups excluding carboxylic acids is 1. The van der Waals surface area contributed by atoms with E-state index in [-0.39, 0.29) is 12.5 Å². The first-order valence-electron chi connectivity index (χ1n) is 14.1. The molecule has 0 aromatic heterocycles. The topological polar surface area (TPSA) is 97.3 Å². The molecule has 1 unspecified atom stereocenters. The first kappa shape index (κ1) is 31.6. The van der Waals surface area contributed by atoms with Crippen LogP contribution < -0.4 is 10.1 Å². The van der Waals surface area contributed by atoms with Crippen molar-refractivity contribution in [1.82, 2.24) is 4.90 Å². The number of benzene rings is 3. The molecule has 0 fully saturated rings. The van der Waals surface area contributed by atoms with Crippen molar-refractivity contribution in [2.75, 3.05) is 38.2 Å². The highest BCUT2D eigenvalue weighted by atomic mass is 16.5. The summed E-state index contributed by atoms with van der Waals surface area (Å²) in [5.74, 6) is -0.333. The Hall–Kier alpha value is -3.88. The van der Waals surface area contributed by atoms with Gasteiger partial charge in [-0.05, 0) is 80.1 Å². The minimum absolute atomic E-state index is 0.186. The summed E-state index contributed by atoms with van der Waals surface area (Å²) in [4.78, 5) is 26.4. The zero-order chi connectivity index (χ0) is 29.6. The Morgan fingerprint density at radius 1 is 0.878 bits per heavy atom. The summed E-state index contributed by atoms with van der Waals surface area (Å²) in [7, 11) is 0. The van der Waals surface area contributed by atoms with Gasteiger partial charge in [0.15, 0.2) is 6.10 Å². The van der Waals surface area contributed by atoms with E-state index in [4.69, 9.17) is 14.2 Å². The Morgan fingerprint density at radius 3 is 2.27 bits per heavy atom. The van der Waals surface area contributed by atoms with Crippen LogP contribution in [0.2, 0.25) is 0 Å². The van der Waals surface area contributed by atoms with Crippen LogP contribution >= 0.6 is 0 Å². The van der Waals surface area contributed by atoms with Gasteiger partial charge in [0.05, 0.1) is 13.2 Å². The van der Waals surface area contributed by atoms with Gasteiger partial charge in [-0.1, -0.05) is 48.5 Å². The molecule has 41 heavy (non-hydrogen) atoms. The Bertz CT molecular complexity index is 1250. The van der Waals surface area contributed by atoms with Crippen LogP contribution in [0.1, 0.15) is 41.2 Å². The number of hydrogen-bond donors (Lipinski definition) is 2. The van der Waals surface area contributed by atoms with Gasteiger partial charge in [-0.2, -0.15) is 0 Å². The molecule has 0 aliphatic heterocycles. The van der Waals surface area contributed by atoms with Crippen LogP contribution in [0.15, 0.2) is 66.7 Å². The van der Waals surface area contributed by atoms with Crippen LogP contribution in [0.3, 0.4) is 0 Å². The van der Waals surface area contributed by atoms with Crippen LogP contribution in [-0.2, 0) is 27.3 Å². The molecule has 0 heterocycles. The molecule has 3 aromatic carbocycles. The quantitative estimate of drug-likeness (QED) is 0.203. The maximum atomic E-state index is 13.3. The highest BCUT2D eigenvalue weighted by Crippen LogP contribution is 2.21. The summed E-state index contributed by atoms with van der Waals surface area (Å²) in [5, 5.41) is 12.4. The third kappa shape index (κ3) is 10.6. The van der Waals surface area contributed by atoms with Gasteiger partial charge in [-0.25, -0.2) is 9.59 Å². The molecular weight excluding hydrogens is 520 g/mol. The van der Waals surface area contributed by atoms with E-state index in [1.54, 1.807) is 24.0 Å². The maximum absolute atomic E-state index is 13.3. The summed E-state index contributed by atoms with van der Waals surface area (Å²) in [6.45, 7) is 10.5. The van der Waals surface area contributed by atoms with E-state index in [1.807, 2.05) is 62.4 Å². The lowest BCUT2D eigenvalue weighted by molar-refractivity contribution is -0.149. The number of carboxylic acids is 1. The first-order valence-corrected chi connectivity index (χ1v) is 14.1. The number of aryl methyl sites for hydroxylation is 3. The van der Waals surface area contributed by atoms with Crippen molar-refractivity contribution in [2.24, 2.45) is 0 Å². The third-order valence-electron chi connectivity index (χ3n) is 6.82. The Labute approximate surface area is 243 Å². The highest BCUT2D eigenvalue weighted by molar-refractivity contribution is 5.90. The van der Waals surface area contributed by atoms with Crippen LogP contribution in [0, 0.1) is 20.8 Å². The van der Waals surface area contributed by atoms with Crippen LogP contribution in [-0.4, -0.2) is 61.0 Å². The van der Waals surface area contributed by atoms with Crippen molar-refractivity contribution in [3.05, 3.63) is 94.5 Å². The zero-order valence-corrected chi connectivity index (χ0v) is 24.5. The monoisotopic (exact) mass is 562 g/mol. The van der Waals surface area contributed by atoms with Crippen molar-refractivity contribution in [3.63, 3.8) is 0 Å². The third-order valence-corrected chi connectivity index (χ3v) is 6.82. The summed E-state index contributed by atoms with van der Waals surface area (Å²) in [6.07, 6.45) is 0.0871. The molecule has 0 spiro atoms. The van der Waals surface area contributed by atoms with Gasteiger partial charge >= 0.3 is 12.0 Å². The molecule has 0 radical (unpaired) electrons. The summed E-state index contributed by atoms with van der Waals surface area (Å²) >= 11 is 0. The fourth-order valence-corrected chi connectivity index (χ4v) is 4.35. The largest absolute Gasteiger partial charge is 0.492 e. The summed E-state index contributed by atoms with van der Waals surface area (Å²) in [5.41, 5.74) is 6.07. The number of hydrogen-bond acceptors (Lipinski definition) is 5. The molecule has 3 rings (SSSR count). The molecule has 8 heteroatoms. The lowest BCUT2D eigenvalue weighted by atomic mass is 10.1. The number of rotatable bonds is 16. The van der Waals surface area contributed by atoms with E-state index in [0.717, 1.165) is 27.9 Å². The van der Waals surface area contributed by atoms with E-state index in [0.29, 0.717) is 51.7 Å². The average Bonchev–Trinajstić information content (AvgIpc) is 2.95. The molecule has 2 N–H and O–H groups in total. The average molecular weight is 563 g/mol. The molecule has 0 saturated carbocycles. The van der Waals surface area contributed by atoms with Gasteiger partial charge < -0.3 is 29.5 Å². The lowest BCUT2D eigenvalue weighted by Crippen LogP contribution is -2.39. The first-order chi connectivity index (χ1) is 19.8. The highest BCUT2D eigenvalue weighted by Gasteiger charge is 2.18. The van der Waals surface area contributed by atoms with Gasteiger partial charge in [0, 0.05) is 31.9 Å². The molecule has 0 bridgehead atoms. The number of urea groups is 1. The number of amides is 2. The second kappa shape index (κ2) is 16.4. The molecule has 3 aromatic rings. The molecule has 1 atom stereocenters. The fourth-order valence-electron chi connectivity index (χ4n) is 4.35. The van der Waals surface area contributed by atoms with E-state index in [2.05, 4.69) is 18.3 Å². The Kier molecular flexibility index (Phi) is 12.7. The molecule has 8 nitrogen and oxygen atoms in total. The normalized spacial score (nSPS) is 11.6. The number of anilines is 1. The molecular formula is C33H42N2O6. The fraction of sp³-hybridized carbons (Fsp3) is 0.394. The van der Waals surface area contributed by atoms with E-state index in [9.17, 15) is 14.7 Å². The minimum atomic E-state index is -0.980. The number of aliphatic carboxylic acids is 1. The van der Waals surface area contributed by atoms with E-state index >= 15 is 0 Å².